The highest BCUT2D eigenvalue weighted by molar-refractivity contribution is 7.05. The number of anilines is 5. The Morgan fingerprint density at radius 3 is 1.35 bits per heavy atom. The van der Waals surface area contributed by atoms with Crippen LogP contribution in [0.1, 0.15) is 25.0 Å². The Balaban J connectivity index is 1.26. The molecule has 0 bridgehead atoms. The quantitative estimate of drug-likeness (QED) is 0.160. The van der Waals surface area contributed by atoms with E-state index in [0.717, 1.165) is 0 Å². The van der Waals surface area contributed by atoms with Crippen molar-refractivity contribution < 1.29 is 0 Å². The third-order valence-corrected chi connectivity index (χ3v) is 17.7. The second kappa shape index (κ2) is 14.2. The Kier molecular flexibility index (Phi) is 8.48. The van der Waals surface area contributed by atoms with Gasteiger partial charge in [0.25, 0.3) is 0 Å². The predicted molar refractivity (Wildman–Crippen MR) is 272 cm³/mol. The summed E-state index contributed by atoms with van der Waals surface area (Å²) >= 11 is 0. The van der Waals surface area contributed by atoms with Crippen LogP contribution in [0.3, 0.4) is 0 Å². The van der Waals surface area contributed by atoms with E-state index in [1.165, 1.54) is 105 Å². The van der Waals surface area contributed by atoms with Gasteiger partial charge in [0, 0.05) is 39.3 Å². The molecule has 0 saturated heterocycles. The van der Waals surface area contributed by atoms with Crippen molar-refractivity contribution in [2.24, 2.45) is 0 Å². The summed E-state index contributed by atoms with van der Waals surface area (Å²) in [6, 6.07) is 79.8. The van der Waals surface area contributed by atoms with Gasteiger partial charge in [-0.2, -0.15) is 0 Å². The van der Waals surface area contributed by atoms with Crippen molar-refractivity contribution in [2.45, 2.75) is 32.4 Å². The first-order valence-electron chi connectivity index (χ1n) is 22.3. The van der Waals surface area contributed by atoms with E-state index >= 15 is 0 Å². The Labute approximate surface area is 372 Å². The first-order chi connectivity index (χ1) is 30.8. The number of para-hydroxylation sites is 3. The van der Waals surface area contributed by atoms with E-state index in [9.17, 15) is 0 Å². The second-order valence-corrected chi connectivity index (χ2v) is 22.8. The fourth-order valence-corrected chi connectivity index (χ4v) is 14.2. The minimum absolute atomic E-state index is 0.147. The van der Waals surface area contributed by atoms with E-state index < -0.39 is 8.07 Å². The van der Waals surface area contributed by atoms with Crippen molar-refractivity contribution in [3.63, 3.8) is 0 Å². The van der Waals surface area contributed by atoms with Crippen LogP contribution in [0.15, 0.2) is 212 Å². The molecule has 3 aliphatic rings. The van der Waals surface area contributed by atoms with E-state index in [1.807, 2.05) is 0 Å². The lowest BCUT2D eigenvalue weighted by atomic mass is 9.45. The van der Waals surface area contributed by atoms with Crippen molar-refractivity contribution >= 4 is 64.7 Å². The van der Waals surface area contributed by atoms with E-state index in [-0.39, 0.29) is 12.3 Å². The minimum Gasteiger partial charge on any atom is -0.376 e. The summed E-state index contributed by atoms with van der Waals surface area (Å²) in [6.07, 6.45) is 0. The van der Waals surface area contributed by atoms with Gasteiger partial charge in [-0.3, -0.25) is 0 Å². The summed E-state index contributed by atoms with van der Waals surface area (Å²) in [7, 11) is -2.52. The standard InChI is InChI=1S/C59H47BN2Si/c1-59(2)48-30-17-19-34-52(48)61-53-35-20-18-32-50(53)60(51-33-21-31-49(59)58(51)61)62-56-46(42-26-13-7-14-27-42)36-44(40-22-9-5-10-23-40)38-54(56)63(3,4)55-39-45(41-24-11-6-12-25-41)37-47(57(55)62)43-28-15-8-16-29-43/h5-39H,1-4H3. The molecule has 2 nitrogen and oxygen atoms in total. The zero-order chi connectivity index (χ0) is 42.5. The highest BCUT2D eigenvalue weighted by atomic mass is 28.3. The lowest BCUT2D eigenvalue weighted by Gasteiger charge is -2.51. The molecule has 0 aromatic heterocycles. The molecule has 0 N–H and O–H groups in total. The third-order valence-electron chi connectivity index (χ3n) is 14.2. The van der Waals surface area contributed by atoms with Crippen molar-refractivity contribution in [3.8, 4) is 44.5 Å². The molecule has 9 aromatic carbocycles. The maximum atomic E-state index is 2.82. The van der Waals surface area contributed by atoms with Crippen LogP contribution in [0.25, 0.3) is 44.5 Å². The fraction of sp³-hybridized carbons (Fsp3) is 0.0847. The number of benzene rings is 9. The highest BCUT2D eigenvalue weighted by Gasteiger charge is 2.50. The van der Waals surface area contributed by atoms with Crippen LogP contribution in [-0.4, -0.2) is 14.9 Å². The van der Waals surface area contributed by atoms with Crippen LogP contribution < -0.4 is 31.0 Å². The maximum Gasteiger partial charge on any atom is 0.332 e. The van der Waals surface area contributed by atoms with Crippen LogP contribution in [0, 0.1) is 0 Å². The molecule has 12 rings (SSSR count). The van der Waals surface area contributed by atoms with Crippen LogP contribution in [0.2, 0.25) is 13.1 Å². The molecule has 0 unspecified atom stereocenters. The van der Waals surface area contributed by atoms with Gasteiger partial charge in [-0.25, -0.2) is 0 Å². The second-order valence-electron chi connectivity index (χ2n) is 18.5. The van der Waals surface area contributed by atoms with E-state index in [1.54, 1.807) is 0 Å². The van der Waals surface area contributed by atoms with Crippen LogP contribution in [0.4, 0.5) is 28.4 Å². The SMILES string of the molecule is CC1(C)c2ccccc2N2c3ccccc3B(N3c4c(-c5ccccc5)cc(-c5ccccc5)cc4[Si](C)(C)c4cc(-c5ccccc5)cc(-c5ccccc5)c43)c3cccc1c32. The lowest BCUT2D eigenvalue weighted by molar-refractivity contribution is 0.632. The predicted octanol–water partition coefficient (Wildman–Crippen LogP) is 12.9. The average Bonchev–Trinajstić information content (AvgIpc) is 3.34. The van der Waals surface area contributed by atoms with Crippen LogP contribution in [-0.2, 0) is 5.41 Å². The molecule has 63 heavy (non-hydrogen) atoms. The number of hydrogen-bond donors (Lipinski definition) is 0. The Hall–Kier alpha value is -7.14. The zero-order valence-corrected chi connectivity index (χ0v) is 37.2. The van der Waals surface area contributed by atoms with Crippen LogP contribution >= 0.6 is 0 Å². The molecule has 0 amide bonds. The molecule has 0 radical (unpaired) electrons. The molecule has 3 aliphatic heterocycles. The van der Waals surface area contributed by atoms with Crippen molar-refractivity contribution in [2.75, 3.05) is 9.71 Å². The number of rotatable bonds is 5. The van der Waals surface area contributed by atoms with Gasteiger partial charge in [0.2, 0.25) is 0 Å². The number of hydrogen-bond acceptors (Lipinski definition) is 2. The topological polar surface area (TPSA) is 6.48 Å². The molecule has 0 atom stereocenters. The summed E-state index contributed by atoms with van der Waals surface area (Å²) < 4.78 is 0. The first kappa shape index (κ1) is 37.6. The van der Waals surface area contributed by atoms with Crippen LogP contribution in [0.5, 0.6) is 0 Å². The summed E-state index contributed by atoms with van der Waals surface area (Å²) in [5.74, 6) is 0. The van der Waals surface area contributed by atoms with Gasteiger partial charge in [0.05, 0.1) is 5.69 Å². The fourth-order valence-electron chi connectivity index (χ4n) is 11.1. The summed E-state index contributed by atoms with van der Waals surface area (Å²) in [5, 5.41) is 2.91. The Bertz CT molecular complexity index is 3100. The molecule has 0 saturated carbocycles. The van der Waals surface area contributed by atoms with Gasteiger partial charge in [0.15, 0.2) is 0 Å². The third kappa shape index (κ3) is 5.64. The molecule has 3 heterocycles. The van der Waals surface area contributed by atoms with E-state index in [2.05, 4.69) is 249 Å². The monoisotopic (exact) mass is 822 g/mol. The summed E-state index contributed by atoms with van der Waals surface area (Å²) in [5.41, 5.74) is 21.5. The zero-order valence-electron chi connectivity index (χ0n) is 36.2. The Morgan fingerprint density at radius 1 is 0.381 bits per heavy atom. The van der Waals surface area contributed by atoms with Crippen molar-refractivity contribution in [1.82, 2.24) is 0 Å². The molecular formula is C59H47BN2Si. The smallest absolute Gasteiger partial charge is 0.332 e. The van der Waals surface area contributed by atoms with Gasteiger partial charge in [-0.05, 0) is 90.1 Å². The molecule has 0 spiro atoms. The molecule has 300 valence electrons. The molecule has 9 aromatic rings. The van der Waals surface area contributed by atoms with Crippen molar-refractivity contribution in [3.05, 3.63) is 223 Å². The molecule has 4 heteroatoms. The van der Waals surface area contributed by atoms with Gasteiger partial charge in [-0.1, -0.05) is 215 Å². The first-order valence-corrected chi connectivity index (χ1v) is 25.3. The van der Waals surface area contributed by atoms with E-state index in [4.69, 9.17) is 0 Å². The van der Waals surface area contributed by atoms with Gasteiger partial charge < -0.3 is 9.71 Å². The number of fused-ring (bicyclic) bond motifs is 6. The largest absolute Gasteiger partial charge is 0.376 e. The average molecular weight is 823 g/mol. The summed E-state index contributed by atoms with van der Waals surface area (Å²) in [6.45, 7) is 9.85. The maximum absolute atomic E-state index is 2.82. The van der Waals surface area contributed by atoms with Gasteiger partial charge in [0.1, 0.15) is 8.07 Å². The number of nitrogens with zero attached hydrogens (tertiary/aromatic N) is 2. The van der Waals surface area contributed by atoms with E-state index in [0.29, 0.717) is 0 Å². The molecular weight excluding hydrogens is 776 g/mol. The highest BCUT2D eigenvalue weighted by Crippen LogP contribution is 2.54. The summed E-state index contributed by atoms with van der Waals surface area (Å²) in [4.78, 5) is 5.39. The molecule has 0 aliphatic carbocycles. The van der Waals surface area contributed by atoms with Crippen molar-refractivity contribution in [1.29, 1.82) is 0 Å². The Morgan fingerprint density at radius 2 is 0.810 bits per heavy atom. The van der Waals surface area contributed by atoms with Gasteiger partial charge in [-0.15, -0.1) is 0 Å². The normalized spacial score (nSPS) is 14.8. The minimum atomic E-state index is -2.52. The molecule has 0 fully saturated rings. The van der Waals surface area contributed by atoms with Gasteiger partial charge >= 0.3 is 6.85 Å². The lowest BCUT2D eigenvalue weighted by Crippen LogP contribution is -2.67.